The monoisotopic (exact) mass is 369 g/mol. The summed E-state index contributed by atoms with van der Waals surface area (Å²) in [6.07, 6.45) is 4.29. The lowest BCUT2D eigenvalue weighted by molar-refractivity contribution is 0.161. The van der Waals surface area contributed by atoms with Crippen LogP contribution in [-0.2, 0) is 0 Å². The van der Waals surface area contributed by atoms with Gasteiger partial charge in [-0.15, -0.1) is 24.8 Å². The van der Waals surface area contributed by atoms with Crippen LogP contribution < -0.4 is 5.32 Å². The Balaban J connectivity index is 0.00000162. The molecule has 0 amide bonds. The molecule has 19 heavy (non-hydrogen) atoms. The highest BCUT2D eigenvalue weighted by Crippen LogP contribution is 2.25. The van der Waals surface area contributed by atoms with Crippen molar-refractivity contribution < 1.29 is 0 Å². The van der Waals surface area contributed by atoms with Gasteiger partial charge in [0.2, 0.25) is 0 Å². The number of hydrogen-bond acceptors (Lipinski definition) is 3. The fourth-order valence-electron chi connectivity index (χ4n) is 2.37. The minimum Gasteiger partial charge on any atom is -0.314 e. The van der Waals surface area contributed by atoms with Crippen molar-refractivity contribution >= 4 is 40.7 Å². The zero-order valence-electron chi connectivity index (χ0n) is 11.1. The minimum absolute atomic E-state index is 0. The molecule has 1 aromatic rings. The molecule has 1 saturated heterocycles. The third kappa shape index (κ3) is 5.56. The van der Waals surface area contributed by atoms with E-state index in [0.29, 0.717) is 6.04 Å². The van der Waals surface area contributed by atoms with E-state index in [1.807, 2.05) is 6.20 Å². The molecule has 0 saturated carbocycles. The van der Waals surface area contributed by atoms with Gasteiger partial charge in [-0.2, -0.15) is 0 Å². The molecule has 1 atom stereocenters. The predicted molar refractivity (Wildman–Crippen MR) is 88.5 cm³/mol. The van der Waals surface area contributed by atoms with Crippen molar-refractivity contribution in [1.82, 2.24) is 15.2 Å². The van der Waals surface area contributed by atoms with Crippen LogP contribution in [0.15, 0.2) is 22.8 Å². The van der Waals surface area contributed by atoms with Crippen molar-refractivity contribution in [3.8, 4) is 0 Å². The Kier molecular flexibility index (Phi) is 10.0. The number of hydrogen-bond donors (Lipinski definition) is 1. The summed E-state index contributed by atoms with van der Waals surface area (Å²) < 4.78 is 1.05. The van der Waals surface area contributed by atoms with Gasteiger partial charge in [-0.25, -0.2) is 0 Å². The molecule has 1 aliphatic heterocycles. The van der Waals surface area contributed by atoms with Crippen LogP contribution in [0.25, 0.3) is 0 Å². The molecular formula is C13H22BrCl2N3. The molecule has 0 aliphatic carbocycles. The first-order valence-electron chi connectivity index (χ1n) is 6.37. The van der Waals surface area contributed by atoms with Crippen LogP contribution >= 0.6 is 40.7 Å². The van der Waals surface area contributed by atoms with Crippen LogP contribution in [0.5, 0.6) is 0 Å². The molecule has 3 nitrogen and oxygen atoms in total. The van der Waals surface area contributed by atoms with Crippen LogP contribution in [0.1, 0.15) is 31.5 Å². The summed E-state index contributed by atoms with van der Waals surface area (Å²) >= 11 is 3.44. The molecule has 0 bridgehead atoms. The number of rotatable bonds is 4. The van der Waals surface area contributed by atoms with Gasteiger partial charge in [0.1, 0.15) is 0 Å². The zero-order valence-corrected chi connectivity index (χ0v) is 14.4. The molecule has 1 fully saturated rings. The van der Waals surface area contributed by atoms with Crippen LogP contribution in [-0.4, -0.2) is 36.1 Å². The molecule has 1 N–H and O–H groups in total. The average molecular weight is 371 g/mol. The van der Waals surface area contributed by atoms with E-state index >= 15 is 0 Å². The highest BCUT2D eigenvalue weighted by atomic mass is 79.9. The van der Waals surface area contributed by atoms with Crippen LogP contribution in [0, 0.1) is 0 Å². The maximum absolute atomic E-state index is 4.56. The lowest BCUT2D eigenvalue weighted by atomic mass is 10.0. The second-order valence-corrected chi connectivity index (χ2v) is 5.41. The smallest absolute Gasteiger partial charge is 0.0576 e. The summed E-state index contributed by atoms with van der Waals surface area (Å²) in [7, 11) is 0. The first-order valence-corrected chi connectivity index (χ1v) is 7.16. The van der Waals surface area contributed by atoms with Gasteiger partial charge >= 0.3 is 0 Å². The van der Waals surface area contributed by atoms with Gasteiger partial charge in [0.25, 0.3) is 0 Å². The Labute approximate surface area is 136 Å². The first kappa shape index (κ1) is 19.1. The SMILES string of the molecule is CCC[C@H](c1ccc(Br)cn1)N1CCNCC1.Cl.Cl. The summed E-state index contributed by atoms with van der Waals surface area (Å²) in [5.41, 5.74) is 1.21. The molecule has 0 radical (unpaired) electrons. The molecule has 6 heteroatoms. The van der Waals surface area contributed by atoms with Gasteiger partial charge in [0.15, 0.2) is 0 Å². The van der Waals surface area contributed by atoms with Crippen molar-refractivity contribution in [3.63, 3.8) is 0 Å². The first-order chi connectivity index (χ1) is 8.31. The molecule has 0 spiro atoms. The molecule has 110 valence electrons. The van der Waals surface area contributed by atoms with E-state index in [-0.39, 0.29) is 24.8 Å². The van der Waals surface area contributed by atoms with E-state index in [4.69, 9.17) is 0 Å². The quantitative estimate of drug-likeness (QED) is 0.879. The fraction of sp³-hybridized carbons (Fsp3) is 0.615. The van der Waals surface area contributed by atoms with E-state index in [0.717, 1.165) is 30.7 Å². The normalized spacial score (nSPS) is 17.2. The van der Waals surface area contributed by atoms with Crippen molar-refractivity contribution in [2.75, 3.05) is 26.2 Å². The van der Waals surface area contributed by atoms with E-state index in [9.17, 15) is 0 Å². The summed E-state index contributed by atoms with van der Waals surface area (Å²) in [5.74, 6) is 0. The molecule has 0 aromatic carbocycles. The summed E-state index contributed by atoms with van der Waals surface area (Å²) in [6, 6.07) is 4.72. The average Bonchev–Trinajstić information content (AvgIpc) is 2.38. The van der Waals surface area contributed by atoms with Crippen molar-refractivity contribution in [2.45, 2.75) is 25.8 Å². The number of halogens is 3. The second-order valence-electron chi connectivity index (χ2n) is 4.49. The number of pyridine rings is 1. The van der Waals surface area contributed by atoms with Crippen LogP contribution in [0.2, 0.25) is 0 Å². The largest absolute Gasteiger partial charge is 0.314 e. The van der Waals surface area contributed by atoms with Crippen molar-refractivity contribution in [1.29, 1.82) is 0 Å². The van der Waals surface area contributed by atoms with E-state index in [1.165, 1.54) is 18.5 Å². The molecule has 0 unspecified atom stereocenters. The van der Waals surface area contributed by atoms with E-state index in [2.05, 4.69) is 50.2 Å². The van der Waals surface area contributed by atoms with Crippen molar-refractivity contribution in [2.24, 2.45) is 0 Å². The third-order valence-corrected chi connectivity index (χ3v) is 3.72. The Morgan fingerprint density at radius 1 is 1.32 bits per heavy atom. The van der Waals surface area contributed by atoms with Gasteiger partial charge in [0.05, 0.1) is 11.7 Å². The predicted octanol–water partition coefficient (Wildman–Crippen LogP) is 3.43. The Morgan fingerprint density at radius 3 is 2.53 bits per heavy atom. The molecule has 1 aliphatic rings. The zero-order chi connectivity index (χ0) is 12.1. The highest BCUT2D eigenvalue weighted by molar-refractivity contribution is 9.10. The maximum Gasteiger partial charge on any atom is 0.0576 e. The standard InChI is InChI=1S/C13H20BrN3.2ClH/c1-2-3-13(17-8-6-15-7-9-17)12-5-4-11(14)10-16-12;;/h4-5,10,13,15H,2-3,6-9H2,1H3;2*1H/t13-;;/m1../s1. The van der Waals surface area contributed by atoms with Crippen LogP contribution in [0.4, 0.5) is 0 Å². The fourth-order valence-corrected chi connectivity index (χ4v) is 2.60. The highest BCUT2D eigenvalue weighted by Gasteiger charge is 2.22. The lowest BCUT2D eigenvalue weighted by Crippen LogP contribution is -2.45. The lowest BCUT2D eigenvalue weighted by Gasteiger charge is -2.34. The van der Waals surface area contributed by atoms with E-state index < -0.39 is 0 Å². The molecular weight excluding hydrogens is 349 g/mol. The van der Waals surface area contributed by atoms with Gasteiger partial charge in [-0.1, -0.05) is 13.3 Å². The molecule has 1 aromatic heterocycles. The minimum atomic E-state index is 0. The van der Waals surface area contributed by atoms with Crippen molar-refractivity contribution in [3.05, 3.63) is 28.5 Å². The molecule has 2 rings (SSSR count). The van der Waals surface area contributed by atoms with Gasteiger partial charge in [-0.3, -0.25) is 9.88 Å². The summed E-state index contributed by atoms with van der Waals surface area (Å²) in [4.78, 5) is 7.12. The van der Waals surface area contributed by atoms with Gasteiger partial charge < -0.3 is 5.32 Å². The Morgan fingerprint density at radius 2 is 2.00 bits per heavy atom. The maximum atomic E-state index is 4.56. The van der Waals surface area contributed by atoms with Crippen LogP contribution in [0.3, 0.4) is 0 Å². The van der Waals surface area contributed by atoms with E-state index in [1.54, 1.807) is 0 Å². The second kappa shape index (κ2) is 9.94. The topological polar surface area (TPSA) is 28.2 Å². The Bertz CT molecular complexity index is 342. The number of piperazine rings is 1. The number of aromatic nitrogens is 1. The summed E-state index contributed by atoms with van der Waals surface area (Å²) in [5, 5.41) is 3.40. The molecule has 2 heterocycles. The Hall–Kier alpha value is 0.130. The number of nitrogens with one attached hydrogen (secondary N) is 1. The number of nitrogens with zero attached hydrogens (tertiary/aromatic N) is 2. The van der Waals surface area contributed by atoms with Gasteiger partial charge in [-0.05, 0) is 34.5 Å². The third-order valence-electron chi connectivity index (χ3n) is 3.25. The van der Waals surface area contributed by atoms with Gasteiger partial charge in [0, 0.05) is 36.8 Å². The summed E-state index contributed by atoms with van der Waals surface area (Å²) in [6.45, 7) is 6.69.